The SMILES string of the molecule is CCC[C@@]1(c2ccccc2)NC(=O)N(CC(=O)N(C)CC(=O)N2CCOCC2)C1=O. The molecule has 2 saturated heterocycles. The Labute approximate surface area is 175 Å². The minimum Gasteiger partial charge on any atom is -0.378 e. The van der Waals surface area contributed by atoms with Gasteiger partial charge in [-0.1, -0.05) is 43.7 Å². The molecule has 0 aromatic heterocycles. The molecule has 0 unspecified atom stereocenters. The number of ether oxygens (including phenoxy) is 1. The molecule has 0 bridgehead atoms. The van der Waals surface area contributed by atoms with Crippen LogP contribution in [-0.4, -0.2) is 84.9 Å². The van der Waals surface area contributed by atoms with E-state index in [-0.39, 0.29) is 12.5 Å². The Hall–Kier alpha value is -2.94. The Morgan fingerprint density at radius 3 is 2.47 bits per heavy atom. The van der Waals surface area contributed by atoms with Crippen LogP contribution in [0.5, 0.6) is 0 Å². The molecule has 1 N–H and O–H groups in total. The highest BCUT2D eigenvalue weighted by Gasteiger charge is 2.52. The first-order valence-corrected chi connectivity index (χ1v) is 10.2. The van der Waals surface area contributed by atoms with Crippen LogP contribution in [0.1, 0.15) is 25.3 Å². The van der Waals surface area contributed by atoms with Crippen LogP contribution in [0.25, 0.3) is 0 Å². The van der Waals surface area contributed by atoms with E-state index in [2.05, 4.69) is 5.32 Å². The van der Waals surface area contributed by atoms with Crippen molar-refractivity contribution in [3.63, 3.8) is 0 Å². The van der Waals surface area contributed by atoms with Crippen molar-refractivity contribution in [2.75, 3.05) is 46.4 Å². The first-order valence-electron chi connectivity index (χ1n) is 10.2. The minimum absolute atomic E-state index is 0.110. The van der Waals surface area contributed by atoms with Crippen molar-refractivity contribution in [3.8, 4) is 0 Å². The average molecular weight is 416 g/mol. The van der Waals surface area contributed by atoms with Crippen molar-refractivity contribution in [2.45, 2.75) is 25.3 Å². The van der Waals surface area contributed by atoms with Crippen LogP contribution in [0.15, 0.2) is 30.3 Å². The quantitative estimate of drug-likeness (QED) is 0.655. The van der Waals surface area contributed by atoms with E-state index in [9.17, 15) is 19.2 Å². The fourth-order valence-electron chi connectivity index (χ4n) is 3.84. The molecule has 0 spiro atoms. The van der Waals surface area contributed by atoms with Gasteiger partial charge < -0.3 is 19.9 Å². The fraction of sp³-hybridized carbons (Fsp3) is 0.524. The van der Waals surface area contributed by atoms with Crippen molar-refractivity contribution in [1.82, 2.24) is 20.0 Å². The summed E-state index contributed by atoms with van der Waals surface area (Å²) in [6.45, 7) is 3.35. The third-order valence-corrected chi connectivity index (χ3v) is 5.52. The molecule has 5 amide bonds. The molecule has 2 heterocycles. The number of carbonyl (C=O) groups is 4. The molecule has 162 valence electrons. The van der Waals surface area contributed by atoms with E-state index >= 15 is 0 Å². The van der Waals surface area contributed by atoms with Gasteiger partial charge in [-0.05, 0) is 12.0 Å². The topological polar surface area (TPSA) is 99.3 Å². The van der Waals surface area contributed by atoms with Gasteiger partial charge in [-0.25, -0.2) is 4.79 Å². The Bertz CT molecular complexity index is 809. The summed E-state index contributed by atoms with van der Waals surface area (Å²) in [5, 5.41) is 2.80. The maximum absolute atomic E-state index is 13.2. The summed E-state index contributed by atoms with van der Waals surface area (Å²) in [5.74, 6) is -1.10. The molecular weight excluding hydrogens is 388 g/mol. The van der Waals surface area contributed by atoms with Crippen LogP contribution in [0, 0.1) is 0 Å². The number of morpholine rings is 1. The predicted molar refractivity (Wildman–Crippen MR) is 108 cm³/mol. The molecule has 2 fully saturated rings. The van der Waals surface area contributed by atoms with Gasteiger partial charge >= 0.3 is 6.03 Å². The second kappa shape index (κ2) is 9.25. The maximum Gasteiger partial charge on any atom is 0.325 e. The molecule has 1 aromatic rings. The highest BCUT2D eigenvalue weighted by molar-refractivity contribution is 6.09. The molecular formula is C21H28N4O5. The van der Waals surface area contributed by atoms with Gasteiger partial charge in [0.25, 0.3) is 5.91 Å². The van der Waals surface area contributed by atoms with E-state index in [1.165, 1.54) is 11.9 Å². The zero-order chi connectivity index (χ0) is 21.7. The van der Waals surface area contributed by atoms with Crippen LogP contribution in [-0.2, 0) is 24.7 Å². The van der Waals surface area contributed by atoms with Gasteiger partial charge in [0.2, 0.25) is 11.8 Å². The highest BCUT2D eigenvalue weighted by Crippen LogP contribution is 2.33. The van der Waals surface area contributed by atoms with Gasteiger partial charge in [0, 0.05) is 20.1 Å². The van der Waals surface area contributed by atoms with Crippen molar-refractivity contribution >= 4 is 23.8 Å². The lowest BCUT2D eigenvalue weighted by Crippen LogP contribution is -2.49. The molecule has 3 rings (SSSR count). The second-order valence-electron chi connectivity index (χ2n) is 7.59. The zero-order valence-corrected chi connectivity index (χ0v) is 17.4. The Balaban J connectivity index is 1.68. The van der Waals surface area contributed by atoms with E-state index in [1.807, 2.05) is 25.1 Å². The zero-order valence-electron chi connectivity index (χ0n) is 17.4. The summed E-state index contributed by atoms with van der Waals surface area (Å²) in [6.07, 6.45) is 1.11. The lowest BCUT2D eigenvalue weighted by Gasteiger charge is -2.29. The van der Waals surface area contributed by atoms with Gasteiger partial charge in [-0.2, -0.15) is 0 Å². The minimum atomic E-state index is -1.17. The first-order chi connectivity index (χ1) is 14.4. The number of likely N-dealkylation sites (N-methyl/N-ethyl adjacent to an activating group) is 1. The number of urea groups is 1. The summed E-state index contributed by atoms with van der Waals surface area (Å²) in [6, 6.07) is 8.46. The summed E-state index contributed by atoms with van der Waals surface area (Å²) >= 11 is 0. The number of amides is 5. The number of hydrogen-bond donors (Lipinski definition) is 1. The van der Waals surface area contributed by atoms with Crippen molar-refractivity contribution in [3.05, 3.63) is 35.9 Å². The Kier molecular flexibility index (Phi) is 6.71. The monoisotopic (exact) mass is 416 g/mol. The molecule has 0 saturated carbocycles. The van der Waals surface area contributed by atoms with Crippen molar-refractivity contribution in [2.24, 2.45) is 0 Å². The molecule has 2 aliphatic heterocycles. The van der Waals surface area contributed by atoms with E-state index in [4.69, 9.17) is 4.74 Å². The normalized spacial score (nSPS) is 21.5. The van der Waals surface area contributed by atoms with E-state index < -0.39 is 29.9 Å². The van der Waals surface area contributed by atoms with E-state index in [0.29, 0.717) is 44.7 Å². The smallest absolute Gasteiger partial charge is 0.325 e. The molecule has 2 aliphatic rings. The molecule has 0 aliphatic carbocycles. The number of carbonyl (C=O) groups excluding carboxylic acids is 4. The first kappa shape index (κ1) is 21.8. The van der Waals surface area contributed by atoms with Crippen LogP contribution in [0.2, 0.25) is 0 Å². The number of benzene rings is 1. The van der Waals surface area contributed by atoms with E-state index in [0.717, 1.165) is 4.90 Å². The largest absolute Gasteiger partial charge is 0.378 e. The highest BCUT2D eigenvalue weighted by atomic mass is 16.5. The summed E-state index contributed by atoms with van der Waals surface area (Å²) in [5.41, 5.74) is -0.480. The standard InChI is InChI=1S/C21H28N4O5/c1-3-9-21(16-7-5-4-6-8-16)19(28)25(20(29)22-21)15-17(26)23(2)14-18(27)24-10-12-30-13-11-24/h4-8H,3,9-15H2,1-2H3,(H,22,29)/t21-/m0/s1. The number of nitrogens with one attached hydrogen (secondary N) is 1. The summed E-state index contributed by atoms with van der Waals surface area (Å²) in [4.78, 5) is 54.7. The van der Waals surface area contributed by atoms with Crippen LogP contribution in [0.3, 0.4) is 0 Å². The maximum atomic E-state index is 13.2. The molecule has 30 heavy (non-hydrogen) atoms. The number of nitrogens with zero attached hydrogens (tertiary/aromatic N) is 3. The third kappa shape index (κ3) is 4.30. The fourth-order valence-corrected chi connectivity index (χ4v) is 3.84. The second-order valence-corrected chi connectivity index (χ2v) is 7.59. The van der Waals surface area contributed by atoms with Crippen LogP contribution in [0.4, 0.5) is 4.79 Å². The average Bonchev–Trinajstić information content (AvgIpc) is 3.00. The number of imide groups is 1. The lowest BCUT2D eigenvalue weighted by molar-refractivity contribution is -0.143. The predicted octanol–water partition coefficient (Wildman–Crippen LogP) is 0.551. The van der Waals surface area contributed by atoms with Gasteiger partial charge in [-0.3, -0.25) is 19.3 Å². The summed E-state index contributed by atoms with van der Waals surface area (Å²) < 4.78 is 5.23. The Morgan fingerprint density at radius 2 is 1.83 bits per heavy atom. The number of rotatable bonds is 7. The Morgan fingerprint density at radius 1 is 1.17 bits per heavy atom. The molecule has 9 nitrogen and oxygen atoms in total. The van der Waals surface area contributed by atoms with Gasteiger partial charge in [0.15, 0.2) is 0 Å². The van der Waals surface area contributed by atoms with Crippen molar-refractivity contribution < 1.29 is 23.9 Å². The van der Waals surface area contributed by atoms with E-state index in [1.54, 1.807) is 17.0 Å². The molecule has 1 aromatic carbocycles. The molecule has 1 atom stereocenters. The van der Waals surface area contributed by atoms with Gasteiger partial charge in [0.1, 0.15) is 12.1 Å². The van der Waals surface area contributed by atoms with Crippen LogP contribution < -0.4 is 5.32 Å². The van der Waals surface area contributed by atoms with Crippen LogP contribution >= 0.6 is 0 Å². The van der Waals surface area contributed by atoms with Gasteiger partial charge in [0.05, 0.1) is 19.8 Å². The van der Waals surface area contributed by atoms with Crippen molar-refractivity contribution in [1.29, 1.82) is 0 Å². The molecule has 0 radical (unpaired) electrons. The molecule has 9 heteroatoms. The summed E-state index contributed by atoms with van der Waals surface area (Å²) in [7, 11) is 1.50. The third-order valence-electron chi connectivity index (χ3n) is 5.52. The number of hydrogen-bond acceptors (Lipinski definition) is 5. The lowest BCUT2D eigenvalue weighted by atomic mass is 9.85. The van der Waals surface area contributed by atoms with Gasteiger partial charge in [-0.15, -0.1) is 0 Å².